The van der Waals surface area contributed by atoms with Crippen molar-refractivity contribution < 1.29 is 0 Å². The average molecular weight is 477 g/mol. The molecule has 0 heteroatoms. The lowest BCUT2D eigenvalue weighted by molar-refractivity contribution is 0.495. The van der Waals surface area contributed by atoms with Crippen molar-refractivity contribution in [3.8, 4) is 0 Å². The maximum atomic E-state index is 2.54. The van der Waals surface area contributed by atoms with Gasteiger partial charge in [0.1, 0.15) is 0 Å². The third-order valence-corrected chi connectivity index (χ3v) is 7.36. The van der Waals surface area contributed by atoms with Crippen molar-refractivity contribution in [2.24, 2.45) is 0 Å². The molecule has 35 heavy (non-hydrogen) atoms. The van der Waals surface area contributed by atoms with Crippen LogP contribution in [0.1, 0.15) is 156 Å². The molecular weight excluding hydrogens is 420 g/mol. The molecule has 0 spiro atoms. The molecule has 0 nitrogen and oxygen atoms in total. The summed E-state index contributed by atoms with van der Waals surface area (Å²) in [6, 6.07) is 12.4. The minimum atomic E-state index is 0.101. The van der Waals surface area contributed by atoms with E-state index in [2.05, 4.69) is 141 Å². The predicted octanol–water partition coefficient (Wildman–Crippen LogP) is 10.5. The van der Waals surface area contributed by atoms with E-state index in [1.54, 1.807) is 0 Å². The summed E-state index contributed by atoms with van der Waals surface area (Å²) in [7, 11) is 0. The van der Waals surface area contributed by atoms with Gasteiger partial charge in [-0.3, -0.25) is 0 Å². The molecule has 2 aromatic rings. The Morgan fingerprint density at radius 2 is 0.857 bits per heavy atom. The number of rotatable bonds is 3. The van der Waals surface area contributed by atoms with Gasteiger partial charge in [0, 0.05) is 0 Å². The van der Waals surface area contributed by atoms with Crippen molar-refractivity contribution in [1.29, 1.82) is 0 Å². The Morgan fingerprint density at radius 1 is 0.486 bits per heavy atom. The number of hydrogen-bond donors (Lipinski definition) is 0. The van der Waals surface area contributed by atoms with Gasteiger partial charge in [0.2, 0.25) is 0 Å². The van der Waals surface area contributed by atoms with Crippen LogP contribution in [0, 0.1) is 0 Å². The molecule has 0 saturated heterocycles. The van der Waals surface area contributed by atoms with Crippen LogP contribution in [0.4, 0.5) is 0 Å². The second kappa shape index (κ2) is 9.39. The van der Waals surface area contributed by atoms with Gasteiger partial charge in [-0.05, 0) is 78.4 Å². The molecule has 0 saturated carbocycles. The topological polar surface area (TPSA) is 0 Å². The van der Waals surface area contributed by atoms with E-state index in [-0.39, 0.29) is 27.1 Å². The molecule has 0 aliphatic heterocycles. The Bertz CT molecular complexity index is 961. The van der Waals surface area contributed by atoms with Crippen molar-refractivity contribution in [2.45, 2.75) is 150 Å². The highest BCUT2D eigenvalue weighted by Gasteiger charge is 2.33. The standard InChI is InChI=1S/C35H56/c1-23(17-24-18-26(31(2,3)4)22-27(19-24)32(5,6)7)25-20-28(33(8,9)10)30(35(14,15)16)29(21-25)34(11,12)13/h18-23H,17H2,1-16H3. The Kier molecular flexibility index (Phi) is 7.96. The predicted molar refractivity (Wildman–Crippen MR) is 159 cm³/mol. The van der Waals surface area contributed by atoms with Crippen LogP contribution < -0.4 is 0 Å². The van der Waals surface area contributed by atoms with Gasteiger partial charge in [0.15, 0.2) is 0 Å². The molecule has 0 bridgehead atoms. The summed E-state index contributed by atoms with van der Waals surface area (Å²) in [6.45, 7) is 37.8. The minimum Gasteiger partial charge on any atom is -0.0581 e. The van der Waals surface area contributed by atoms with E-state index in [0.29, 0.717) is 5.92 Å². The summed E-state index contributed by atoms with van der Waals surface area (Å²) in [6.07, 6.45) is 1.06. The first kappa shape index (κ1) is 29.7. The normalized spacial score (nSPS) is 14.9. The van der Waals surface area contributed by atoms with Crippen LogP contribution in [0.3, 0.4) is 0 Å². The van der Waals surface area contributed by atoms with E-state index in [4.69, 9.17) is 0 Å². The third-order valence-electron chi connectivity index (χ3n) is 7.36. The molecule has 0 amide bonds. The lowest BCUT2D eigenvalue weighted by Gasteiger charge is -2.37. The van der Waals surface area contributed by atoms with Crippen LogP contribution in [0.2, 0.25) is 0 Å². The Balaban J connectivity index is 2.71. The van der Waals surface area contributed by atoms with E-state index < -0.39 is 0 Å². The highest BCUT2D eigenvalue weighted by Crippen LogP contribution is 2.43. The van der Waals surface area contributed by atoms with Crippen LogP contribution in [0.15, 0.2) is 30.3 Å². The Hall–Kier alpha value is -1.56. The fourth-order valence-corrected chi connectivity index (χ4v) is 5.09. The maximum Gasteiger partial charge on any atom is -0.0126 e. The summed E-state index contributed by atoms with van der Waals surface area (Å²) >= 11 is 0. The quantitative estimate of drug-likeness (QED) is 0.413. The van der Waals surface area contributed by atoms with Crippen LogP contribution >= 0.6 is 0 Å². The summed E-state index contributed by atoms with van der Waals surface area (Å²) < 4.78 is 0. The zero-order valence-electron chi connectivity index (χ0n) is 26.2. The fourth-order valence-electron chi connectivity index (χ4n) is 5.09. The highest BCUT2D eigenvalue weighted by molar-refractivity contribution is 5.50. The molecule has 0 N–H and O–H groups in total. The van der Waals surface area contributed by atoms with Gasteiger partial charge in [-0.15, -0.1) is 0 Å². The SMILES string of the molecule is CC(Cc1cc(C(C)(C)C)cc(C(C)(C)C)c1)c1cc(C(C)(C)C)c(C(C)(C)C)c(C(C)(C)C)c1. The van der Waals surface area contributed by atoms with E-state index in [0.717, 1.165) is 6.42 Å². The van der Waals surface area contributed by atoms with Crippen molar-refractivity contribution >= 4 is 0 Å². The molecule has 0 heterocycles. The lowest BCUT2D eigenvalue weighted by Crippen LogP contribution is -2.28. The molecule has 0 aliphatic carbocycles. The highest BCUT2D eigenvalue weighted by atomic mass is 14.4. The average Bonchev–Trinajstić information content (AvgIpc) is 2.63. The largest absolute Gasteiger partial charge is 0.0581 e. The van der Waals surface area contributed by atoms with Crippen LogP contribution in [-0.2, 0) is 33.5 Å². The van der Waals surface area contributed by atoms with Crippen molar-refractivity contribution in [3.05, 3.63) is 69.3 Å². The molecule has 2 aromatic carbocycles. The second-order valence-corrected chi connectivity index (χ2v) is 16.3. The van der Waals surface area contributed by atoms with E-state index >= 15 is 0 Å². The van der Waals surface area contributed by atoms with Crippen LogP contribution in [-0.4, -0.2) is 0 Å². The monoisotopic (exact) mass is 476 g/mol. The van der Waals surface area contributed by atoms with Crippen LogP contribution in [0.25, 0.3) is 0 Å². The smallest absolute Gasteiger partial charge is 0.0126 e. The molecule has 0 aromatic heterocycles. The first-order valence-corrected chi connectivity index (χ1v) is 13.8. The first-order chi connectivity index (χ1) is 15.4. The summed E-state index contributed by atoms with van der Waals surface area (Å²) in [4.78, 5) is 0. The minimum absolute atomic E-state index is 0.101. The third kappa shape index (κ3) is 7.24. The second-order valence-electron chi connectivity index (χ2n) is 16.3. The molecule has 0 fully saturated rings. The van der Waals surface area contributed by atoms with Gasteiger partial charge < -0.3 is 0 Å². The van der Waals surface area contributed by atoms with Gasteiger partial charge in [-0.2, -0.15) is 0 Å². The van der Waals surface area contributed by atoms with Gasteiger partial charge in [-0.1, -0.05) is 141 Å². The summed E-state index contributed by atoms with van der Waals surface area (Å²) in [5.74, 6) is 0.453. The lowest BCUT2D eigenvalue weighted by atomic mass is 9.67. The van der Waals surface area contributed by atoms with Gasteiger partial charge in [0.25, 0.3) is 0 Å². The molecule has 196 valence electrons. The Morgan fingerprint density at radius 3 is 1.14 bits per heavy atom. The molecule has 0 radical (unpaired) electrons. The zero-order chi connectivity index (χ0) is 27.4. The molecule has 1 atom stereocenters. The van der Waals surface area contributed by atoms with Gasteiger partial charge >= 0.3 is 0 Å². The number of hydrogen-bond acceptors (Lipinski definition) is 0. The maximum absolute atomic E-state index is 2.54. The van der Waals surface area contributed by atoms with Crippen molar-refractivity contribution in [2.75, 3.05) is 0 Å². The Labute approximate surface area is 219 Å². The molecule has 1 unspecified atom stereocenters. The number of benzene rings is 2. The summed E-state index contributed by atoms with van der Waals surface area (Å²) in [5, 5.41) is 0. The molecule has 0 aliphatic rings. The van der Waals surface area contributed by atoms with Gasteiger partial charge in [0.05, 0.1) is 0 Å². The van der Waals surface area contributed by atoms with Crippen molar-refractivity contribution in [1.82, 2.24) is 0 Å². The van der Waals surface area contributed by atoms with Crippen LogP contribution in [0.5, 0.6) is 0 Å². The fraction of sp³-hybridized carbons (Fsp3) is 0.657. The van der Waals surface area contributed by atoms with E-state index in [1.807, 2.05) is 0 Å². The molecule has 2 rings (SSSR count). The van der Waals surface area contributed by atoms with E-state index in [9.17, 15) is 0 Å². The van der Waals surface area contributed by atoms with Crippen molar-refractivity contribution in [3.63, 3.8) is 0 Å². The zero-order valence-corrected chi connectivity index (χ0v) is 26.2. The summed E-state index contributed by atoms with van der Waals surface area (Å²) in [5.41, 5.74) is 11.0. The van der Waals surface area contributed by atoms with Gasteiger partial charge in [-0.25, -0.2) is 0 Å². The molecular formula is C35H56. The first-order valence-electron chi connectivity index (χ1n) is 13.8. The van der Waals surface area contributed by atoms with E-state index in [1.165, 1.54) is 38.9 Å².